The highest BCUT2D eigenvalue weighted by molar-refractivity contribution is 6.30. The molecule has 3 nitrogen and oxygen atoms in total. The molecule has 0 spiro atoms. The van der Waals surface area contributed by atoms with Crippen LogP contribution in [0.1, 0.15) is 37.7 Å². The number of hydrogen-bond donors (Lipinski definition) is 1. The summed E-state index contributed by atoms with van der Waals surface area (Å²) in [6, 6.07) is 7.81. The van der Waals surface area contributed by atoms with Crippen LogP contribution in [0.4, 0.5) is 0 Å². The molecule has 1 amide bonds. The first kappa shape index (κ1) is 15.3. The molecule has 0 bridgehead atoms. The van der Waals surface area contributed by atoms with E-state index >= 15 is 0 Å². The number of halogens is 1. The van der Waals surface area contributed by atoms with Crippen molar-refractivity contribution in [2.24, 2.45) is 11.7 Å². The number of nitrogens with two attached hydrogens (primary N) is 1. The topological polar surface area (TPSA) is 46.3 Å². The molecule has 1 aromatic carbocycles. The lowest BCUT2D eigenvalue weighted by Crippen LogP contribution is -2.37. The Morgan fingerprint density at radius 2 is 1.95 bits per heavy atom. The quantitative estimate of drug-likeness (QED) is 0.927. The fourth-order valence-corrected chi connectivity index (χ4v) is 2.95. The van der Waals surface area contributed by atoms with E-state index in [4.69, 9.17) is 17.3 Å². The van der Waals surface area contributed by atoms with Crippen molar-refractivity contribution in [2.45, 2.75) is 44.7 Å². The second-order valence-corrected chi connectivity index (χ2v) is 6.23. The average Bonchev–Trinajstić information content (AvgIpc) is 2.44. The zero-order valence-corrected chi connectivity index (χ0v) is 12.8. The first-order valence-electron chi connectivity index (χ1n) is 7.30. The Bertz CT molecular complexity index is 446. The third-order valence-corrected chi connectivity index (χ3v) is 4.42. The highest BCUT2D eigenvalue weighted by atomic mass is 35.5. The Morgan fingerprint density at radius 1 is 1.30 bits per heavy atom. The normalized spacial score (nSPS) is 22.6. The molecule has 110 valence electrons. The van der Waals surface area contributed by atoms with E-state index in [1.807, 2.05) is 31.3 Å². The molecule has 1 aromatic rings. The molecule has 1 aliphatic rings. The van der Waals surface area contributed by atoms with Crippen LogP contribution < -0.4 is 5.73 Å². The van der Waals surface area contributed by atoms with Crippen molar-refractivity contribution in [3.05, 3.63) is 34.9 Å². The van der Waals surface area contributed by atoms with Crippen LogP contribution in [0.3, 0.4) is 0 Å². The van der Waals surface area contributed by atoms with Gasteiger partial charge in [0.05, 0.1) is 0 Å². The molecule has 0 aromatic heterocycles. The highest BCUT2D eigenvalue weighted by Crippen LogP contribution is 2.26. The lowest BCUT2D eigenvalue weighted by atomic mass is 9.83. The first-order valence-corrected chi connectivity index (χ1v) is 7.68. The predicted molar refractivity (Wildman–Crippen MR) is 82.5 cm³/mol. The third kappa shape index (κ3) is 4.22. The standard InChI is InChI=1S/C16H23ClN2O/c1-19(11-12-6-8-14(17)9-7-12)16(20)10-13-4-2-3-5-15(13)18/h6-9,13,15H,2-5,10-11,18H2,1H3. The fourth-order valence-electron chi connectivity index (χ4n) is 2.82. The van der Waals surface area contributed by atoms with Gasteiger partial charge in [0.15, 0.2) is 0 Å². The summed E-state index contributed by atoms with van der Waals surface area (Å²) in [6.07, 6.45) is 5.12. The van der Waals surface area contributed by atoms with E-state index in [0.717, 1.165) is 23.4 Å². The van der Waals surface area contributed by atoms with E-state index in [2.05, 4.69) is 0 Å². The number of nitrogens with zero attached hydrogens (tertiary/aromatic N) is 1. The number of carbonyl (C=O) groups excluding carboxylic acids is 1. The van der Waals surface area contributed by atoms with Crippen LogP contribution in [0, 0.1) is 5.92 Å². The molecule has 2 N–H and O–H groups in total. The van der Waals surface area contributed by atoms with Gasteiger partial charge in [0.1, 0.15) is 0 Å². The van der Waals surface area contributed by atoms with Crippen LogP contribution in [0.25, 0.3) is 0 Å². The summed E-state index contributed by atoms with van der Waals surface area (Å²) in [5, 5.41) is 0.718. The molecule has 2 unspecified atom stereocenters. The molecule has 20 heavy (non-hydrogen) atoms. The maximum Gasteiger partial charge on any atom is 0.222 e. The molecular weight excluding hydrogens is 272 g/mol. The maximum atomic E-state index is 12.3. The average molecular weight is 295 g/mol. The Morgan fingerprint density at radius 3 is 2.60 bits per heavy atom. The molecule has 0 radical (unpaired) electrons. The molecule has 0 saturated heterocycles. The van der Waals surface area contributed by atoms with Gasteiger partial charge in [0, 0.05) is 31.1 Å². The monoisotopic (exact) mass is 294 g/mol. The minimum atomic E-state index is 0.183. The van der Waals surface area contributed by atoms with Crippen LogP contribution in [-0.4, -0.2) is 23.9 Å². The van der Waals surface area contributed by atoms with E-state index in [-0.39, 0.29) is 11.9 Å². The fraction of sp³-hybridized carbons (Fsp3) is 0.562. The van der Waals surface area contributed by atoms with Crippen LogP contribution >= 0.6 is 11.6 Å². The Labute approximate surface area is 126 Å². The smallest absolute Gasteiger partial charge is 0.222 e. The van der Waals surface area contributed by atoms with Crippen molar-refractivity contribution in [1.29, 1.82) is 0 Å². The van der Waals surface area contributed by atoms with E-state index in [9.17, 15) is 4.79 Å². The summed E-state index contributed by atoms with van der Waals surface area (Å²) < 4.78 is 0. The number of carbonyl (C=O) groups is 1. The van der Waals surface area contributed by atoms with Crippen molar-refractivity contribution < 1.29 is 4.79 Å². The summed E-state index contributed by atoms with van der Waals surface area (Å²) >= 11 is 5.86. The van der Waals surface area contributed by atoms with Gasteiger partial charge in [-0.15, -0.1) is 0 Å². The molecule has 2 rings (SSSR count). The lowest BCUT2D eigenvalue weighted by Gasteiger charge is -2.29. The first-order chi connectivity index (χ1) is 9.56. The van der Waals surface area contributed by atoms with Gasteiger partial charge in [0.25, 0.3) is 0 Å². The third-order valence-electron chi connectivity index (χ3n) is 4.16. The van der Waals surface area contributed by atoms with Gasteiger partial charge < -0.3 is 10.6 Å². The predicted octanol–water partition coefficient (Wildman–Crippen LogP) is 3.21. The number of rotatable bonds is 4. The minimum absolute atomic E-state index is 0.183. The molecule has 1 aliphatic carbocycles. The Hall–Kier alpha value is -1.06. The van der Waals surface area contributed by atoms with E-state index in [0.29, 0.717) is 18.9 Å². The van der Waals surface area contributed by atoms with Gasteiger partial charge in [-0.1, -0.05) is 36.6 Å². The van der Waals surface area contributed by atoms with Crippen LogP contribution in [0.5, 0.6) is 0 Å². The molecule has 1 saturated carbocycles. The summed E-state index contributed by atoms with van der Waals surface area (Å²) in [6.45, 7) is 0.623. The lowest BCUT2D eigenvalue weighted by molar-refractivity contribution is -0.131. The number of amides is 1. The second-order valence-electron chi connectivity index (χ2n) is 5.79. The van der Waals surface area contributed by atoms with E-state index in [1.54, 1.807) is 4.90 Å². The van der Waals surface area contributed by atoms with Gasteiger partial charge >= 0.3 is 0 Å². The zero-order valence-electron chi connectivity index (χ0n) is 12.0. The second kappa shape index (κ2) is 7.09. The van der Waals surface area contributed by atoms with Gasteiger partial charge in [-0.05, 0) is 36.5 Å². The van der Waals surface area contributed by atoms with Crippen molar-refractivity contribution in [1.82, 2.24) is 4.90 Å². The van der Waals surface area contributed by atoms with Crippen molar-refractivity contribution in [3.8, 4) is 0 Å². The van der Waals surface area contributed by atoms with Crippen molar-refractivity contribution >= 4 is 17.5 Å². The Kier molecular flexibility index (Phi) is 5.44. The summed E-state index contributed by atoms with van der Waals surface area (Å²) in [5.41, 5.74) is 7.21. The van der Waals surface area contributed by atoms with Gasteiger partial charge in [-0.3, -0.25) is 4.79 Å². The highest BCUT2D eigenvalue weighted by Gasteiger charge is 2.25. The summed E-state index contributed by atoms with van der Waals surface area (Å²) in [4.78, 5) is 14.1. The largest absolute Gasteiger partial charge is 0.341 e. The number of hydrogen-bond acceptors (Lipinski definition) is 2. The van der Waals surface area contributed by atoms with Gasteiger partial charge in [0.2, 0.25) is 5.91 Å². The van der Waals surface area contributed by atoms with Gasteiger partial charge in [-0.2, -0.15) is 0 Å². The summed E-state index contributed by atoms with van der Waals surface area (Å²) in [5.74, 6) is 0.534. The molecule has 0 aliphatic heterocycles. The van der Waals surface area contributed by atoms with Crippen molar-refractivity contribution in [3.63, 3.8) is 0 Å². The maximum absolute atomic E-state index is 12.3. The molecule has 4 heteroatoms. The van der Waals surface area contributed by atoms with Crippen LogP contribution in [0.15, 0.2) is 24.3 Å². The van der Waals surface area contributed by atoms with E-state index in [1.165, 1.54) is 12.8 Å². The van der Waals surface area contributed by atoms with Crippen LogP contribution in [0.2, 0.25) is 5.02 Å². The van der Waals surface area contributed by atoms with Crippen LogP contribution in [-0.2, 0) is 11.3 Å². The minimum Gasteiger partial charge on any atom is -0.341 e. The summed E-state index contributed by atoms with van der Waals surface area (Å²) in [7, 11) is 1.85. The Balaban J connectivity index is 1.86. The molecular formula is C16H23ClN2O. The zero-order chi connectivity index (χ0) is 14.5. The molecule has 2 atom stereocenters. The van der Waals surface area contributed by atoms with E-state index < -0.39 is 0 Å². The van der Waals surface area contributed by atoms with Crippen molar-refractivity contribution in [2.75, 3.05) is 7.05 Å². The molecule has 1 fully saturated rings. The SMILES string of the molecule is CN(Cc1ccc(Cl)cc1)C(=O)CC1CCCCC1N. The number of benzene rings is 1. The molecule has 0 heterocycles. The van der Waals surface area contributed by atoms with Gasteiger partial charge in [-0.25, -0.2) is 0 Å².